The molecule has 1 aliphatic heterocycles. The summed E-state index contributed by atoms with van der Waals surface area (Å²) in [5.41, 5.74) is 4.20. The molecule has 0 radical (unpaired) electrons. The molecule has 3 rings (SSSR count). The van der Waals surface area contributed by atoms with E-state index in [1.807, 2.05) is 0 Å². The molecule has 1 N–H and O–H groups in total. The minimum absolute atomic E-state index is 0.901. The van der Waals surface area contributed by atoms with Crippen LogP contribution in [0.2, 0.25) is 0 Å². The molecule has 2 aliphatic rings. The first-order valence-electron chi connectivity index (χ1n) is 6.60. The summed E-state index contributed by atoms with van der Waals surface area (Å²) in [4.78, 5) is 4.82. The van der Waals surface area contributed by atoms with Crippen LogP contribution in [0.1, 0.15) is 36.2 Å². The zero-order chi connectivity index (χ0) is 10.8. The van der Waals surface area contributed by atoms with Gasteiger partial charge in [-0.05, 0) is 69.2 Å². The number of nitrogens with one attached hydrogen (secondary N) is 1. The minimum Gasteiger partial charge on any atom is -0.316 e. The van der Waals surface area contributed by atoms with Crippen LogP contribution in [0.25, 0.3) is 0 Å². The lowest BCUT2D eigenvalue weighted by atomic mass is 9.93. The average Bonchev–Trinajstić information content (AvgIpc) is 2.27. The largest absolute Gasteiger partial charge is 0.316 e. The molecule has 1 fully saturated rings. The summed E-state index contributed by atoms with van der Waals surface area (Å²) in [7, 11) is 0. The van der Waals surface area contributed by atoms with Gasteiger partial charge in [-0.25, -0.2) is 0 Å². The minimum atomic E-state index is 0.901. The summed E-state index contributed by atoms with van der Waals surface area (Å²) in [6, 6.07) is 4.56. The Labute approximate surface area is 97.5 Å². The third kappa shape index (κ3) is 2.12. The second kappa shape index (κ2) is 4.54. The Kier molecular flexibility index (Phi) is 2.92. The smallest absolute Gasteiger partial charge is 0.0438 e. The maximum atomic E-state index is 4.82. The van der Waals surface area contributed by atoms with Crippen molar-refractivity contribution in [2.24, 2.45) is 5.92 Å². The van der Waals surface area contributed by atoms with E-state index >= 15 is 0 Å². The van der Waals surface area contributed by atoms with E-state index in [0.29, 0.717) is 0 Å². The lowest BCUT2D eigenvalue weighted by Crippen LogP contribution is -2.42. The standard InChI is InChI=1S/C14H20N2/c1-2-4-14-12(3-1)6-8-13(16-14)7-5-11-9-15-10-11/h6,8,11,15H,1-5,7,9-10H2. The van der Waals surface area contributed by atoms with Crippen LogP contribution in [0.15, 0.2) is 12.1 Å². The highest BCUT2D eigenvalue weighted by atomic mass is 14.9. The second-order valence-corrected chi connectivity index (χ2v) is 5.18. The fraction of sp³-hybridized carbons (Fsp3) is 0.643. The van der Waals surface area contributed by atoms with Crippen LogP contribution in [0.4, 0.5) is 0 Å². The quantitative estimate of drug-likeness (QED) is 0.837. The van der Waals surface area contributed by atoms with Crippen molar-refractivity contribution < 1.29 is 0 Å². The topological polar surface area (TPSA) is 24.9 Å². The molecule has 1 aliphatic carbocycles. The van der Waals surface area contributed by atoms with Crippen LogP contribution < -0.4 is 5.32 Å². The third-order valence-electron chi connectivity index (χ3n) is 3.91. The van der Waals surface area contributed by atoms with Crippen LogP contribution in [0.5, 0.6) is 0 Å². The van der Waals surface area contributed by atoms with E-state index in [-0.39, 0.29) is 0 Å². The van der Waals surface area contributed by atoms with Gasteiger partial charge in [-0.1, -0.05) is 6.07 Å². The van der Waals surface area contributed by atoms with Gasteiger partial charge in [0.15, 0.2) is 0 Å². The van der Waals surface area contributed by atoms with E-state index in [4.69, 9.17) is 4.98 Å². The fourth-order valence-corrected chi connectivity index (χ4v) is 2.67. The predicted molar refractivity (Wildman–Crippen MR) is 65.6 cm³/mol. The summed E-state index contributed by atoms with van der Waals surface area (Å²) < 4.78 is 0. The summed E-state index contributed by atoms with van der Waals surface area (Å²) in [6.07, 6.45) is 7.60. The molecular formula is C14H20N2. The van der Waals surface area contributed by atoms with Gasteiger partial charge in [-0.2, -0.15) is 0 Å². The van der Waals surface area contributed by atoms with Gasteiger partial charge in [0.2, 0.25) is 0 Å². The van der Waals surface area contributed by atoms with Crippen LogP contribution >= 0.6 is 0 Å². The van der Waals surface area contributed by atoms with Gasteiger partial charge < -0.3 is 5.32 Å². The lowest BCUT2D eigenvalue weighted by molar-refractivity contribution is 0.327. The molecule has 2 nitrogen and oxygen atoms in total. The van der Waals surface area contributed by atoms with Crippen LogP contribution in [-0.4, -0.2) is 18.1 Å². The van der Waals surface area contributed by atoms with Crippen LogP contribution in [0.3, 0.4) is 0 Å². The Morgan fingerprint density at radius 3 is 2.88 bits per heavy atom. The average molecular weight is 216 g/mol. The Morgan fingerprint density at radius 2 is 2.06 bits per heavy atom. The summed E-state index contributed by atoms with van der Waals surface area (Å²) in [6.45, 7) is 2.43. The van der Waals surface area contributed by atoms with Gasteiger partial charge in [0, 0.05) is 11.4 Å². The number of aryl methyl sites for hydroxylation is 3. The van der Waals surface area contributed by atoms with Crippen molar-refractivity contribution in [3.63, 3.8) is 0 Å². The van der Waals surface area contributed by atoms with Crippen molar-refractivity contribution in [1.29, 1.82) is 0 Å². The highest BCUT2D eigenvalue weighted by Gasteiger charge is 2.17. The molecule has 0 saturated carbocycles. The van der Waals surface area contributed by atoms with Gasteiger partial charge in [-0.3, -0.25) is 4.98 Å². The number of hydrogen-bond acceptors (Lipinski definition) is 2. The molecular weight excluding hydrogens is 196 g/mol. The number of aromatic nitrogens is 1. The first kappa shape index (κ1) is 10.3. The molecule has 86 valence electrons. The normalized spacial score (nSPS) is 20.2. The van der Waals surface area contributed by atoms with Crippen LogP contribution in [0, 0.1) is 5.92 Å². The highest BCUT2D eigenvalue weighted by Crippen LogP contribution is 2.20. The second-order valence-electron chi connectivity index (χ2n) is 5.18. The molecule has 0 aromatic carbocycles. The van der Waals surface area contributed by atoms with E-state index in [1.54, 1.807) is 0 Å². The molecule has 2 heteroatoms. The van der Waals surface area contributed by atoms with Gasteiger partial charge >= 0.3 is 0 Å². The van der Waals surface area contributed by atoms with Gasteiger partial charge in [0.25, 0.3) is 0 Å². The molecule has 0 atom stereocenters. The molecule has 16 heavy (non-hydrogen) atoms. The van der Waals surface area contributed by atoms with E-state index in [0.717, 1.165) is 5.92 Å². The fourth-order valence-electron chi connectivity index (χ4n) is 2.67. The maximum absolute atomic E-state index is 4.82. The zero-order valence-corrected chi connectivity index (χ0v) is 9.84. The van der Waals surface area contributed by atoms with E-state index in [9.17, 15) is 0 Å². The van der Waals surface area contributed by atoms with Gasteiger partial charge in [0.1, 0.15) is 0 Å². The molecule has 0 bridgehead atoms. The van der Waals surface area contributed by atoms with Gasteiger partial charge in [-0.15, -0.1) is 0 Å². The van der Waals surface area contributed by atoms with Crippen molar-refractivity contribution in [1.82, 2.24) is 10.3 Å². The maximum Gasteiger partial charge on any atom is 0.0438 e. The molecule has 2 heterocycles. The first-order valence-corrected chi connectivity index (χ1v) is 6.60. The van der Waals surface area contributed by atoms with Crippen molar-refractivity contribution in [2.45, 2.75) is 38.5 Å². The van der Waals surface area contributed by atoms with Crippen LogP contribution in [-0.2, 0) is 19.3 Å². The number of fused-ring (bicyclic) bond motifs is 1. The Bertz CT molecular complexity index is 369. The third-order valence-corrected chi connectivity index (χ3v) is 3.91. The predicted octanol–water partition coefficient (Wildman–Crippen LogP) is 2.11. The number of hydrogen-bond donors (Lipinski definition) is 1. The molecule has 0 spiro atoms. The van der Waals surface area contributed by atoms with Crippen molar-refractivity contribution in [2.75, 3.05) is 13.1 Å². The zero-order valence-electron chi connectivity index (χ0n) is 9.84. The summed E-state index contributed by atoms with van der Waals surface area (Å²) in [5.74, 6) is 0.901. The molecule has 1 aromatic heterocycles. The molecule has 0 unspecified atom stereocenters. The lowest BCUT2D eigenvalue weighted by Gasteiger charge is -2.27. The molecule has 1 saturated heterocycles. The van der Waals surface area contributed by atoms with Crippen molar-refractivity contribution >= 4 is 0 Å². The van der Waals surface area contributed by atoms with E-state index in [1.165, 1.54) is 68.6 Å². The van der Waals surface area contributed by atoms with E-state index < -0.39 is 0 Å². The number of pyridine rings is 1. The Morgan fingerprint density at radius 1 is 1.19 bits per heavy atom. The highest BCUT2D eigenvalue weighted by molar-refractivity contribution is 5.25. The molecule has 1 aromatic rings. The number of rotatable bonds is 3. The van der Waals surface area contributed by atoms with Crippen molar-refractivity contribution in [3.05, 3.63) is 29.1 Å². The Hall–Kier alpha value is -0.890. The number of nitrogens with zero attached hydrogens (tertiary/aromatic N) is 1. The Balaban J connectivity index is 1.65. The summed E-state index contributed by atoms with van der Waals surface area (Å²) >= 11 is 0. The van der Waals surface area contributed by atoms with E-state index in [2.05, 4.69) is 17.4 Å². The summed E-state index contributed by atoms with van der Waals surface area (Å²) in [5, 5.41) is 3.33. The SMILES string of the molecule is c1cc2c(nc1CCC1CNC1)CCCC2. The first-order chi connectivity index (χ1) is 7.92. The van der Waals surface area contributed by atoms with Crippen molar-refractivity contribution in [3.8, 4) is 0 Å². The van der Waals surface area contributed by atoms with Gasteiger partial charge in [0.05, 0.1) is 0 Å². The monoisotopic (exact) mass is 216 g/mol. The molecule has 0 amide bonds.